The first-order valence-corrected chi connectivity index (χ1v) is 10.7. The van der Waals surface area contributed by atoms with Crippen molar-refractivity contribution in [2.45, 2.75) is 51.9 Å². The number of hydrogen-bond donors (Lipinski definition) is 2. The highest BCUT2D eigenvalue weighted by molar-refractivity contribution is 5.90. The van der Waals surface area contributed by atoms with E-state index in [1.54, 1.807) is 0 Å². The number of benzene rings is 3. The van der Waals surface area contributed by atoms with E-state index >= 15 is 0 Å². The molecule has 6 nitrogen and oxygen atoms in total. The van der Waals surface area contributed by atoms with Crippen molar-refractivity contribution in [3.05, 3.63) is 71.8 Å². The van der Waals surface area contributed by atoms with Crippen LogP contribution >= 0.6 is 0 Å². The average molecular weight is 432 g/mol. The number of amides is 1. The molecule has 3 aromatic rings. The van der Waals surface area contributed by atoms with Crippen LogP contribution in [0.4, 0.5) is 10.5 Å². The second-order valence-corrected chi connectivity index (χ2v) is 9.26. The predicted molar refractivity (Wildman–Crippen MR) is 128 cm³/mol. The fourth-order valence-corrected chi connectivity index (χ4v) is 3.96. The minimum atomic E-state index is -0.897. The molecule has 1 aliphatic heterocycles. The van der Waals surface area contributed by atoms with Crippen molar-refractivity contribution in [3.8, 4) is 5.75 Å². The van der Waals surface area contributed by atoms with Crippen LogP contribution in [0, 0.1) is 0 Å². The van der Waals surface area contributed by atoms with Crippen LogP contribution in [-0.2, 0) is 10.3 Å². The lowest BCUT2D eigenvalue weighted by molar-refractivity contribution is 0.0480. The van der Waals surface area contributed by atoms with Crippen molar-refractivity contribution < 1.29 is 14.3 Å². The Hall–Kier alpha value is -3.54. The first kappa shape index (κ1) is 21.7. The third-order valence-electron chi connectivity index (χ3n) is 5.59. The van der Waals surface area contributed by atoms with Crippen molar-refractivity contribution in [1.29, 1.82) is 0 Å². The van der Waals surface area contributed by atoms with Crippen molar-refractivity contribution in [2.75, 3.05) is 0 Å². The van der Waals surface area contributed by atoms with Gasteiger partial charge in [0.2, 0.25) is 0 Å². The minimum absolute atomic E-state index is 0.280. The highest BCUT2D eigenvalue weighted by atomic mass is 16.6. The average Bonchev–Trinajstić information content (AvgIpc) is 2.72. The summed E-state index contributed by atoms with van der Waals surface area (Å²) in [4.78, 5) is 17.5. The molecule has 0 fully saturated rings. The molecule has 6 heteroatoms. The maximum atomic E-state index is 12.9. The lowest BCUT2D eigenvalue weighted by Gasteiger charge is -2.34. The molecule has 0 saturated carbocycles. The fourth-order valence-electron chi connectivity index (χ4n) is 3.96. The minimum Gasteiger partial charge on any atom is -0.481 e. The molecule has 32 heavy (non-hydrogen) atoms. The zero-order valence-electron chi connectivity index (χ0n) is 19.1. The largest absolute Gasteiger partial charge is 0.481 e. The van der Waals surface area contributed by atoms with Crippen LogP contribution in [0.15, 0.2) is 65.7 Å². The second kappa shape index (κ2) is 7.86. The summed E-state index contributed by atoms with van der Waals surface area (Å²) in [6.45, 7) is 9.37. The molecule has 0 bridgehead atoms. The number of aliphatic imine (C=N–C) groups is 1. The first-order valence-electron chi connectivity index (χ1n) is 10.7. The van der Waals surface area contributed by atoms with E-state index in [1.807, 2.05) is 77.1 Å². The Morgan fingerprint density at radius 3 is 2.53 bits per heavy atom. The molecule has 1 aliphatic rings. The van der Waals surface area contributed by atoms with E-state index in [0.717, 1.165) is 21.9 Å². The number of nitrogens with zero attached hydrogens (tertiary/aromatic N) is 1. The monoisotopic (exact) mass is 431 g/mol. The van der Waals surface area contributed by atoms with Gasteiger partial charge in [0.25, 0.3) is 0 Å². The Morgan fingerprint density at radius 1 is 1.06 bits per heavy atom. The molecule has 2 unspecified atom stereocenters. The van der Waals surface area contributed by atoms with Gasteiger partial charge >= 0.3 is 6.09 Å². The van der Waals surface area contributed by atoms with Gasteiger partial charge in [-0.25, -0.2) is 9.79 Å². The molecule has 3 aromatic carbocycles. The Bertz CT molecular complexity index is 1210. The van der Waals surface area contributed by atoms with Gasteiger partial charge in [-0.3, -0.25) is 0 Å². The number of fused-ring (bicyclic) bond motifs is 2. The lowest BCUT2D eigenvalue weighted by atomic mass is 9.81. The maximum Gasteiger partial charge on any atom is 0.408 e. The standard InChI is InChI=1S/C26H29N3O3/c1-16-23(27)28-21-15-18(13-14-22(21)31-16)26(5,29-24(30)32-25(2,3)4)20-12-8-10-17-9-6-7-11-19(17)20/h6-16H,1-5H3,(H2,27,28)(H,29,30). The van der Waals surface area contributed by atoms with Crippen molar-refractivity contribution >= 4 is 28.4 Å². The number of carbonyl (C=O) groups excluding carboxylic acids is 1. The quantitative estimate of drug-likeness (QED) is 0.582. The van der Waals surface area contributed by atoms with Crippen LogP contribution in [0.3, 0.4) is 0 Å². The van der Waals surface area contributed by atoms with Crippen molar-refractivity contribution in [1.82, 2.24) is 5.32 Å². The molecule has 4 rings (SSSR count). The fraction of sp³-hybridized carbons (Fsp3) is 0.308. The van der Waals surface area contributed by atoms with Crippen LogP contribution in [-0.4, -0.2) is 23.6 Å². The van der Waals surface area contributed by atoms with E-state index in [9.17, 15) is 4.79 Å². The van der Waals surface area contributed by atoms with Crippen LogP contribution in [0.1, 0.15) is 45.7 Å². The number of alkyl carbamates (subject to hydrolysis) is 1. The molecular formula is C26H29N3O3. The van der Waals surface area contributed by atoms with Crippen molar-refractivity contribution in [3.63, 3.8) is 0 Å². The van der Waals surface area contributed by atoms with E-state index in [2.05, 4.69) is 28.5 Å². The van der Waals surface area contributed by atoms with Crippen LogP contribution in [0.25, 0.3) is 10.8 Å². The van der Waals surface area contributed by atoms with Gasteiger partial charge in [0.1, 0.15) is 22.9 Å². The molecule has 0 radical (unpaired) electrons. The molecule has 2 atom stereocenters. The third kappa shape index (κ3) is 4.13. The van der Waals surface area contributed by atoms with E-state index in [4.69, 9.17) is 15.2 Å². The molecule has 3 N–H and O–H groups in total. The van der Waals surface area contributed by atoms with Gasteiger partial charge in [0.05, 0.1) is 5.54 Å². The van der Waals surface area contributed by atoms with E-state index in [-0.39, 0.29) is 6.10 Å². The van der Waals surface area contributed by atoms with E-state index in [1.165, 1.54) is 0 Å². The van der Waals surface area contributed by atoms with Crippen LogP contribution < -0.4 is 15.8 Å². The summed E-state index contributed by atoms with van der Waals surface area (Å²) in [6.07, 6.45) is -0.781. The zero-order valence-corrected chi connectivity index (χ0v) is 19.1. The number of rotatable bonds is 3. The highest BCUT2D eigenvalue weighted by Gasteiger charge is 2.35. The molecule has 0 saturated heterocycles. The normalized spacial score (nSPS) is 17.5. The highest BCUT2D eigenvalue weighted by Crippen LogP contribution is 2.40. The van der Waals surface area contributed by atoms with Gasteiger partial charge in [-0.15, -0.1) is 0 Å². The maximum absolute atomic E-state index is 12.9. The summed E-state index contributed by atoms with van der Waals surface area (Å²) >= 11 is 0. The molecule has 0 aromatic heterocycles. The van der Waals surface area contributed by atoms with Gasteiger partial charge in [-0.2, -0.15) is 0 Å². The summed E-state index contributed by atoms with van der Waals surface area (Å²) in [5, 5.41) is 5.24. The van der Waals surface area contributed by atoms with Gasteiger partial charge in [0, 0.05) is 0 Å². The number of nitrogens with one attached hydrogen (secondary N) is 1. The summed E-state index contributed by atoms with van der Waals surface area (Å²) < 4.78 is 11.5. The number of hydrogen-bond acceptors (Lipinski definition) is 5. The Kier molecular flexibility index (Phi) is 5.33. The van der Waals surface area contributed by atoms with Gasteiger partial charge in [-0.05, 0) is 68.7 Å². The Labute approximate surface area is 188 Å². The second-order valence-electron chi connectivity index (χ2n) is 9.26. The molecule has 1 heterocycles. The molecule has 166 valence electrons. The molecule has 0 aliphatic carbocycles. The van der Waals surface area contributed by atoms with Crippen molar-refractivity contribution in [2.24, 2.45) is 10.7 Å². The number of nitrogens with two attached hydrogens (primary N) is 1. The van der Waals surface area contributed by atoms with Crippen LogP contribution in [0.5, 0.6) is 5.75 Å². The summed E-state index contributed by atoms with van der Waals surface area (Å²) in [5.74, 6) is 1.08. The number of carbonyl (C=O) groups is 1. The third-order valence-corrected chi connectivity index (χ3v) is 5.59. The smallest absolute Gasteiger partial charge is 0.408 e. The van der Waals surface area contributed by atoms with Gasteiger partial charge < -0.3 is 20.5 Å². The Balaban J connectivity index is 1.88. The lowest BCUT2D eigenvalue weighted by Crippen LogP contribution is -2.46. The van der Waals surface area contributed by atoms with Gasteiger partial charge in [0.15, 0.2) is 6.10 Å². The SMILES string of the molecule is CC1Oc2ccc(C(C)(NC(=O)OC(C)(C)C)c3cccc4ccccc34)cc2N=C1N. The predicted octanol–water partition coefficient (Wildman–Crippen LogP) is 5.40. The summed E-state index contributed by atoms with van der Waals surface area (Å²) in [6, 6.07) is 19.9. The molecule has 0 spiro atoms. The first-order chi connectivity index (χ1) is 15.1. The Morgan fingerprint density at radius 2 is 1.78 bits per heavy atom. The topological polar surface area (TPSA) is 85.9 Å². The summed E-state index contributed by atoms with van der Waals surface area (Å²) in [5.41, 5.74) is 6.93. The zero-order chi connectivity index (χ0) is 23.1. The number of ether oxygens (including phenoxy) is 2. The van der Waals surface area contributed by atoms with E-state index < -0.39 is 17.2 Å². The number of amidine groups is 1. The molecular weight excluding hydrogens is 402 g/mol. The van der Waals surface area contributed by atoms with Crippen LogP contribution in [0.2, 0.25) is 0 Å². The van der Waals surface area contributed by atoms with E-state index in [0.29, 0.717) is 17.3 Å². The summed E-state index contributed by atoms with van der Waals surface area (Å²) in [7, 11) is 0. The molecule has 1 amide bonds. The van der Waals surface area contributed by atoms with Gasteiger partial charge in [-0.1, -0.05) is 48.5 Å².